The van der Waals surface area contributed by atoms with Crippen molar-refractivity contribution in [2.24, 2.45) is 0 Å². The molecule has 0 bridgehead atoms. The Balaban J connectivity index is 2.20. The summed E-state index contributed by atoms with van der Waals surface area (Å²) in [5, 5.41) is 0.749. The third kappa shape index (κ3) is 2.41. The lowest BCUT2D eigenvalue weighted by Crippen LogP contribution is -2.05. The lowest BCUT2D eigenvalue weighted by atomic mass is 10.3. The maximum atomic E-state index is 6.22. The number of furan rings is 1. The minimum absolute atomic E-state index is 0.227. The average molecular weight is 330 g/mol. The first-order chi connectivity index (χ1) is 9.56. The zero-order valence-corrected chi connectivity index (χ0v) is 12.9. The Morgan fingerprint density at radius 1 is 1.30 bits per heavy atom. The Morgan fingerprint density at radius 3 is 2.70 bits per heavy atom. The first-order valence-corrected chi connectivity index (χ1v) is 7.27. The number of hydrogen-bond donors (Lipinski definition) is 0. The van der Waals surface area contributed by atoms with Crippen molar-refractivity contribution in [1.29, 1.82) is 0 Å². The molecule has 0 amide bonds. The second-order valence-electron chi connectivity index (χ2n) is 4.51. The minimum Gasteiger partial charge on any atom is -0.467 e. The van der Waals surface area contributed by atoms with Gasteiger partial charge in [-0.3, -0.25) is 0 Å². The summed E-state index contributed by atoms with van der Waals surface area (Å²) < 4.78 is 7.39. The Hall–Kier alpha value is -1.16. The molecule has 0 aliphatic heterocycles. The molecule has 1 aromatic carbocycles. The van der Waals surface area contributed by atoms with Crippen LogP contribution in [-0.2, 0) is 6.54 Å². The standard InChI is InChI=1S/C14H11Cl3N2O/c1-8(15)14-18-12-5-10(16)11(17)6-13(12)19(14)7-9-3-2-4-20-9/h2-6,8H,7H2,1H3. The van der Waals surface area contributed by atoms with Gasteiger partial charge >= 0.3 is 0 Å². The van der Waals surface area contributed by atoms with Crippen LogP contribution in [0.4, 0.5) is 0 Å². The van der Waals surface area contributed by atoms with Gasteiger partial charge in [0.1, 0.15) is 11.6 Å². The Morgan fingerprint density at radius 2 is 2.05 bits per heavy atom. The van der Waals surface area contributed by atoms with Gasteiger partial charge in [-0.1, -0.05) is 23.2 Å². The van der Waals surface area contributed by atoms with Gasteiger partial charge in [-0.25, -0.2) is 4.98 Å². The molecule has 3 rings (SSSR count). The number of rotatable bonds is 3. The summed E-state index contributed by atoms with van der Waals surface area (Å²) in [6, 6.07) is 7.31. The van der Waals surface area contributed by atoms with Gasteiger partial charge in [0.15, 0.2) is 0 Å². The fraction of sp³-hybridized carbons (Fsp3) is 0.214. The van der Waals surface area contributed by atoms with Crippen molar-refractivity contribution in [2.45, 2.75) is 18.8 Å². The van der Waals surface area contributed by atoms with Gasteiger partial charge in [0, 0.05) is 0 Å². The lowest BCUT2D eigenvalue weighted by Gasteiger charge is -2.09. The van der Waals surface area contributed by atoms with Crippen molar-refractivity contribution in [2.75, 3.05) is 0 Å². The first-order valence-electron chi connectivity index (χ1n) is 6.08. The van der Waals surface area contributed by atoms with E-state index >= 15 is 0 Å². The van der Waals surface area contributed by atoms with E-state index in [1.165, 1.54) is 0 Å². The molecule has 6 heteroatoms. The molecule has 2 aromatic heterocycles. The number of imidazole rings is 1. The molecule has 1 atom stereocenters. The van der Waals surface area contributed by atoms with Crippen LogP contribution in [0.5, 0.6) is 0 Å². The van der Waals surface area contributed by atoms with Crippen molar-refractivity contribution < 1.29 is 4.42 Å². The summed E-state index contributed by atoms with van der Waals surface area (Å²) >= 11 is 18.4. The molecule has 3 aromatic rings. The molecule has 0 saturated carbocycles. The third-order valence-corrected chi connectivity index (χ3v) is 3.99. The van der Waals surface area contributed by atoms with Crippen LogP contribution in [0.15, 0.2) is 34.9 Å². The van der Waals surface area contributed by atoms with Crippen LogP contribution in [0.2, 0.25) is 10.0 Å². The highest BCUT2D eigenvalue weighted by atomic mass is 35.5. The Labute approximate surface area is 131 Å². The van der Waals surface area contributed by atoms with Gasteiger partial charge in [0.2, 0.25) is 0 Å². The maximum absolute atomic E-state index is 6.22. The van der Waals surface area contributed by atoms with E-state index in [1.807, 2.05) is 23.6 Å². The summed E-state index contributed by atoms with van der Waals surface area (Å²) in [4.78, 5) is 4.54. The fourth-order valence-corrected chi connectivity index (χ4v) is 2.65. The molecule has 20 heavy (non-hydrogen) atoms. The molecule has 0 aliphatic carbocycles. The number of aromatic nitrogens is 2. The molecule has 0 saturated heterocycles. The van der Waals surface area contributed by atoms with Crippen LogP contribution in [-0.4, -0.2) is 9.55 Å². The molecular weight excluding hydrogens is 319 g/mol. The molecule has 3 nitrogen and oxygen atoms in total. The van der Waals surface area contributed by atoms with Crippen LogP contribution < -0.4 is 0 Å². The number of nitrogens with zero attached hydrogens (tertiary/aromatic N) is 2. The van der Waals surface area contributed by atoms with Crippen molar-refractivity contribution in [1.82, 2.24) is 9.55 Å². The van der Waals surface area contributed by atoms with E-state index in [4.69, 9.17) is 39.2 Å². The van der Waals surface area contributed by atoms with Crippen LogP contribution in [0.3, 0.4) is 0 Å². The molecule has 0 aliphatic rings. The molecule has 1 unspecified atom stereocenters. The number of alkyl halides is 1. The second-order valence-corrected chi connectivity index (χ2v) is 5.98. The van der Waals surface area contributed by atoms with Gasteiger partial charge in [-0.15, -0.1) is 11.6 Å². The highest BCUT2D eigenvalue weighted by Gasteiger charge is 2.17. The summed E-state index contributed by atoms with van der Waals surface area (Å²) in [5.41, 5.74) is 1.66. The van der Waals surface area contributed by atoms with Gasteiger partial charge in [-0.05, 0) is 31.2 Å². The van der Waals surface area contributed by atoms with Crippen molar-refractivity contribution >= 4 is 45.8 Å². The molecule has 104 valence electrons. The summed E-state index contributed by atoms with van der Waals surface area (Å²) in [5.74, 6) is 1.59. The molecular formula is C14H11Cl3N2O. The predicted molar refractivity (Wildman–Crippen MR) is 81.8 cm³/mol. The monoisotopic (exact) mass is 328 g/mol. The Bertz CT molecular complexity index is 747. The number of fused-ring (bicyclic) bond motifs is 1. The topological polar surface area (TPSA) is 31.0 Å². The minimum atomic E-state index is -0.227. The van der Waals surface area contributed by atoms with Crippen molar-refractivity contribution in [3.05, 3.63) is 52.2 Å². The third-order valence-electron chi connectivity index (χ3n) is 3.07. The van der Waals surface area contributed by atoms with Crippen molar-refractivity contribution in [3.8, 4) is 0 Å². The SMILES string of the molecule is CC(Cl)c1nc2cc(Cl)c(Cl)cc2n1Cc1ccco1. The highest BCUT2D eigenvalue weighted by Crippen LogP contribution is 2.31. The molecule has 0 fully saturated rings. The van der Waals surface area contributed by atoms with Gasteiger partial charge in [0.25, 0.3) is 0 Å². The van der Waals surface area contributed by atoms with E-state index < -0.39 is 0 Å². The average Bonchev–Trinajstić information content (AvgIpc) is 3.00. The molecule has 2 heterocycles. The van der Waals surface area contributed by atoms with E-state index in [-0.39, 0.29) is 5.38 Å². The molecule has 0 spiro atoms. The van der Waals surface area contributed by atoms with Gasteiger partial charge in [0.05, 0.1) is 39.3 Å². The zero-order chi connectivity index (χ0) is 14.3. The van der Waals surface area contributed by atoms with E-state index in [0.29, 0.717) is 16.6 Å². The largest absolute Gasteiger partial charge is 0.467 e. The van der Waals surface area contributed by atoms with Crippen LogP contribution in [0, 0.1) is 0 Å². The van der Waals surface area contributed by atoms with Crippen LogP contribution in [0.25, 0.3) is 11.0 Å². The number of halogens is 3. The van der Waals surface area contributed by atoms with Crippen LogP contribution >= 0.6 is 34.8 Å². The smallest absolute Gasteiger partial charge is 0.128 e. The van der Waals surface area contributed by atoms with E-state index in [1.54, 1.807) is 18.4 Å². The zero-order valence-electron chi connectivity index (χ0n) is 10.6. The van der Waals surface area contributed by atoms with Crippen molar-refractivity contribution in [3.63, 3.8) is 0 Å². The fourth-order valence-electron chi connectivity index (χ4n) is 2.17. The highest BCUT2D eigenvalue weighted by molar-refractivity contribution is 6.42. The quantitative estimate of drug-likeness (QED) is 0.612. The van der Waals surface area contributed by atoms with E-state index in [9.17, 15) is 0 Å². The Kier molecular flexibility index (Phi) is 3.67. The van der Waals surface area contributed by atoms with E-state index in [2.05, 4.69) is 4.98 Å². The number of benzene rings is 1. The lowest BCUT2D eigenvalue weighted by molar-refractivity contribution is 0.492. The first kappa shape index (κ1) is 13.8. The van der Waals surface area contributed by atoms with Gasteiger partial charge in [-0.2, -0.15) is 0 Å². The van der Waals surface area contributed by atoms with Crippen LogP contribution in [0.1, 0.15) is 23.9 Å². The normalized spacial score (nSPS) is 13.0. The second kappa shape index (κ2) is 5.32. The summed E-state index contributed by atoms with van der Waals surface area (Å²) in [6.45, 7) is 2.43. The maximum Gasteiger partial charge on any atom is 0.128 e. The molecule has 0 N–H and O–H groups in total. The molecule has 0 radical (unpaired) electrons. The summed E-state index contributed by atoms with van der Waals surface area (Å²) in [7, 11) is 0. The summed E-state index contributed by atoms with van der Waals surface area (Å²) in [6.07, 6.45) is 1.64. The predicted octanol–water partition coefficient (Wildman–Crippen LogP) is 5.28. The van der Waals surface area contributed by atoms with E-state index in [0.717, 1.165) is 22.6 Å². The van der Waals surface area contributed by atoms with Gasteiger partial charge < -0.3 is 8.98 Å². The number of hydrogen-bond acceptors (Lipinski definition) is 2.